The molecule has 2 atom stereocenters. The number of carbonyl (C=O) groups is 1. The number of nitrogens with zero attached hydrogens (tertiary/aromatic N) is 3. The van der Waals surface area contributed by atoms with Gasteiger partial charge in [0.15, 0.2) is 0 Å². The average molecular weight is 361 g/mol. The first-order valence-electron chi connectivity index (χ1n) is 9.54. The van der Waals surface area contributed by atoms with E-state index in [9.17, 15) is 4.79 Å². The van der Waals surface area contributed by atoms with Crippen molar-refractivity contribution in [1.29, 1.82) is 0 Å². The van der Waals surface area contributed by atoms with E-state index in [2.05, 4.69) is 47.1 Å². The fourth-order valence-electron chi connectivity index (χ4n) is 5.14. The van der Waals surface area contributed by atoms with Gasteiger partial charge in [-0.1, -0.05) is 54.6 Å². The Bertz CT molecular complexity index is 1410. The van der Waals surface area contributed by atoms with Crippen LogP contribution in [0.3, 0.4) is 0 Å². The van der Waals surface area contributed by atoms with E-state index in [-0.39, 0.29) is 17.9 Å². The van der Waals surface area contributed by atoms with Crippen molar-refractivity contribution in [1.82, 2.24) is 9.55 Å². The molecule has 4 heteroatoms. The molecule has 0 bridgehead atoms. The number of anilines is 1. The number of fused-ring (bicyclic) bond motifs is 8. The fourth-order valence-corrected chi connectivity index (χ4v) is 5.14. The minimum Gasteiger partial charge on any atom is -0.306 e. The third kappa shape index (κ3) is 1.50. The molecule has 0 radical (unpaired) electrons. The molecule has 3 aliphatic rings. The predicted octanol–water partition coefficient (Wildman–Crippen LogP) is 4.73. The van der Waals surface area contributed by atoms with E-state index in [0.29, 0.717) is 0 Å². The van der Waals surface area contributed by atoms with Crippen LogP contribution in [0.5, 0.6) is 0 Å². The SMILES string of the molecule is O=C1c2ccccc2-n2c3ccccc3c3cnc4c(c32)N1C1C=CC=CC41. The number of rotatable bonds is 0. The van der Waals surface area contributed by atoms with Gasteiger partial charge in [-0.25, -0.2) is 0 Å². The summed E-state index contributed by atoms with van der Waals surface area (Å²) in [6.45, 7) is 0. The van der Waals surface area contributed by atoms with Crippen molar-refractivity contribution in [2.45, 2.75) is 12.0 Å². The Labute approximate surface area is 161 Å². The Morgan fingerprint density at radius 1 is 0.893 bits per heavy atom. The highest BCUT2D eigenvalue weighted by Crippen LogP contribution is 2.50. The number of para-hydroxylation sites is 2. The van der Waals surface area contributed by atoms with Crippen molar-refractivity contribution in [2.24, 2.45) is 0 Å². The Kier molecular flexibility index (Phi) is 2.46. The standard InChI is InChI=1S/C24H15N3O/c28-24-16-9-3-6-12-20(16)26-18-10-4-1-7-14(18)17-13-25-21-15-8-2-5-11-19(15)27(24)23(21)22(17)26/h1-13,15,19H. The summed E-state index contributed by atoms with van der Waals surface area (Å²) in [7, 11) is 0. The largest absolute Gasteiger partial charge is 0.306 e. The van der Waals surface area contributed by atoms with Gasteiger partial charge in [0.05, 0.1) is 39.7 Å². The van der Waals surface area contributed by atoms with Crippen molar-refractivity contribution < 1.29 is 4.79 Å². The first-order chi connectivity index (χ1) is 13.8. The van der Waals surface area contributed by atoms with E-state index in [1.807, 2.05) is 41.4 Å². The van der Waals surface area contributed by atoms with E-state index in [1.54, 1.807) is 0 Å². The van der Waals surface area contributed by atoms with Crippen molar-refractivity contribution in [3.8, 4) is 5.69 Å². The van der Waals surface area contributed by atoms with Gasteiger partial charge >= 0.3 is 0 Å². The Hall–Kier alpha value is -3.66. The number of amides is 1. The van der Waals surface area contributed by atoms with Gasteiger partial charge < -0.3 is 4.57 Å². The van der Waals surface area contributed by atoms with Crippen LogP contribution in [0.4, 0.5) is 5.69 Å². The van der Waals surface area contributed by atoms with E-state index in [1.165, 1.54) is 0 Å². The molecule has 2 aromatic carbocycles. The Morgan fingerprint density at radius 2 is 1.71 bits per heavy atom. The summed E-state index contributed by atoms with van der Waals surface area (Å²) in [5, 5.41) is 2.26. The molecule has 4 nitrogen and oxygen atoms in total. The first kappa shape index (κ1) is 14.4. The van der Waals surface area contributed by atoms with Gasteiger partial charge in [-0.2, -0.15) is 0 Å². The molecular weight excluding hydrogens is 346 g/mol. The molecule has 28 heavy (non-hydrogen) atoms. The molecule has 1 aliphatic carbocycles. The molecule has 4 aromatic rings. The minimum absolute atomic E-state index is 0.0248. The summed E-state index contributed by atoms with van der Waals surface area (Å²) in [5.74, 6) is 0.149. The van der Waals surface area contributed by atoms with Gasteiger partial charge in [0.25, 0.3) is 5.91 Å². The number of benzene rings is 2. The maximum Gasteiger partial charge on any atom is 0.261 e. The molecule has 0 saturated heterocycles. The lowest BCUT2D eigenvalue weighted by molar-refractivity contribution is 0.0983. The predicted molar refractivity (Wildman–Crippen MR) is 110 cm³/mol. The van der Waals surface area contributed by atoms with Crippen molar-refractivity contribution in [3.63, 3.8) is 0 Å². The number of carbonyl (C=O) groups excluding carboxylic acids is 1. The second-order valence-electron chi connectivity index (χ2n) is 7.59. The third-order valence-electron chi connectivity index (χ3n) is 6.27. The quantitative estimate of drug-likeness (QED) is 0.454. The van der Waals surface area contributed by atoms with Crippen LogP contribution in [0.1, 0.15) is 22.0 Å². The molecule has 2 aromatic heterocycles. The molecule has 0 saturated carbocycles. The zero-order valence-electron chi connectivity index (χ0n) is 14.9. The zero-order valence-corrected chi connectivity index (χ0v) is 14.9. The lowest BCUT2D eigenvalue weighted by Crippen LogP contribution is -2.38. The summed E-state index contributed by atoms with van der Waals surface area (Å²) in [5.41, 5.74) is 5.81. The van der Waals surface area contributed by atoms with Crippen molar-refractivity contribution in [3.05, 3.63) is 90.3 Å². The summed E-state index contributed by atoms with van der Waals surface area (Å²) in [6, 6.07) is 16.3. The first-order valence-corrected chi connectivity index (χ1v) is 9.54. The van der Waals surface area contributed by atoms with E-state index in [0.717, 1.165) is 44.4 Å². The fraction of sp³-hybridized carbons (Fsp3) is 0.0833. The summed E-state index contributed by atoms with van der Waals surface area (Å²) >= 11 is 0. The van der Waals surface area contributed by atoms with Crippen LogP contribution >= 0.6 is 0 Å². The number of hydrogen-bond donors (Lipinski definition) is 0. The van der Waals surface area contributed by atoms with Gasteiger partial charge in [-0.05, 0) is 18.2 Å². The zero-order chi connectivity index (χ0) is 18.4. The average Bonchev–Trinajstić information content (AvgIpc) is 3.22. The molecule has 2 unspecified atom stereocenters. The number of pyridine rings is 1. The molecule has 0 spiro atoms. The van der Waals surface area contributed by atoms with Crippen molar-refractivity contribution >= 4 is 33.4 Å². The molecule has 0 N–H and O–H groups in total. The van der Waals surface area contributed by atoms with E-state index >= 15 is 0 Å². The lowest BCUT2D eigenvalue weighted by atomic mass is 9.94. The Morgan fingerprint density at radius 3 is 2.68 bits per heavy atom. The maximum atomic E-state index is 13.7. The highest BCUT2D eigenvalue weighted by Gasteiger charge is 2.45. The molecular formula is C24H15N3O. The second-order valence-corrected chi connectivity index (χ2v) is 7.59. The van der Waals surface area contributed by atoms with Crippen molar-refractivity contribution in [2.75, 3.05) is 4.90 Å². The highest BCUT2D eigenvalue weighted by molar-refractivity contribution is 6.22. The highest BCUT2D eigenvalue weighted by atomic mass is 16.2. The van der Waals surface area contributed by atoms with Crippen LogP contribution in [0.15, 0.2) is 79.0 Å². The number of aromatic nitrogens is 2. The van der Waals surface area contributed by atoms with Crippen LogP contribution in [0.25, 0.3) is 27.5 Å². The molecule has 7 rings (SSSR count). The topological polar surface area (TPSA) is 38.1 Å². The van der Waals surface area contributed by atoms with Crippen LogP contribution in [-0.4, -0.2) is 21.5 Å². The maximum absolute atomic E-state index is 13.7. The summed E-state index contributed by atoms with van der Waals surface area (Å²) < 4.78 is 2.25. The molecule has 132 valence electrons. The van der Waals surface area contributed by atoms with E-state index < -0.39 is 0 Å². The number of allylic oxidation sites excluding steroid dienone is 2. The third-order valence-corrected chi connectivity index (χ3v) is 6.27. The molecule has 4 heterocycles. The van der Waals surface area contributed by atoms with Gasteiger partial charge in [-0.15, -0.1) is 0 Å². The molecule has 0 fully saturated rings. The monoisotopic (exact) mass is 361 g/mol. The van der Waals surface area contributed by atoms with Crippen LogP contribution < -0.4 is 4.90 Å². The lowest BCUT2D eigenvalue weighted by Gasteiger charge is -2.25. The second kappa shape index (κ2) is 4.78. The Balaban J connectivity index is 1.76. The molecule has 2 aliphatic heterocycles. The smallest absolute Gasteiger partial charge is 0.261 e. The normalized spacial score (nSPS) is 21.3. The summed E-state index contributed by atoms with van der Waals surface area (Å²) in [4.78, 5) is 20.6. The van der Waals surface area contributed by atoms with Gasteiger partial charge in [0.1, 0.15) is 0 Å². The van der Waals surface area contributed by atoms with Crippen LogP contribution in [0.2, 0.25) is 0 Å². The summed E-state index contributed by atoms with van der Waals surface area (Å²) in [6.07, 6.45) is 10.4. The number of hydrogen-bond acceptors (Lipinski definition) is 2. The van der Waals surface area contributed by atoms with Crippen LogP contribution in [0, 0.1) is 0 Å². The van der Waals surface area contributed by atoms with E-state index in [4.69, 9.17) is 4.98 Å². The van der Waals surface area contributed by atoms with Crippen LogP contribution in [-0.2, 0) is 0 Å². The van der Waals surface area contributed by atoms with Gasteiger partial charge in [0.2, 0.25) is 0 Å². The van der Waals surface area contributed by atoms with Gasteiger partial charge in [-0.3, -0.25) is 14.7 Å². The molecule has 1 amide bonds. The van der Waals surface area contributed by atoms with Gasteiger partial charge in [0, 0.05) is 22.9 Å². The minimum atomic E-state index is -0.0248.